The van der Waals surface area contributed by atoms with Gasteiger partial charge in [-0.3, -0.25) is 9.59 Å². The predicted octanol–water partition coefficient (Wildman–Crippen LogP) is 2.17. The Balaban J connectivity index is 1.26. The lowest BCUT2D eigenvalue weighted by atomic mass is 10.2. The lowest BCUT2D eigenvalue weighted by Gasteiger charge is -2.22. The fourth-order valence-electron chi connectivity index (χ4n) is 4.31. The number of hydrogen-bond acceptors (Lipinski definition) is 4. The van der Waals surface area contributed by atoms with E-state index >= 15 is 0 Å². The second-order valence-corrected chi connectivity index (χ2v) is 8.26. The molecule has 142 valence electrons. The molecule has 2 aliphatic heterocycles. The quantitative estimate of drug-likeness (QED) is 0.830. The second kappa shape index (κ2) is 7.31. The van der Waals surface area contributed by atoms with E-state index in [0.29, 0.717) is 47.1 Å². The van der Waals surface area contributed by atoms with Gasteiger partial charge in [0, 0.05) is 31.2 Å². The maximum Gasteiger partial charge on any atom is 0.253 e. The first-order chi connectivity index (χ1) is 13.0. The summed E-state index contributed by atoms with van der Waals surface area (Å²) in [5.41, 5.74) is 0.543. The molecule has 0 spiro atoms. The summed E-state index contributed by atoms with van der Waals surface area (Å²) < 4.78 is 0. The van der Waals surface area contributed by atoms with Crippen molar-refractivity contribution in [2.45, 2.75) is 24.9 Å². The number of halogens is 2. The Labute approximate surface area is 168 Å². The van der Waals surface area contributed by atoms with Crippen LogP contribution in [0.1, 0.15) is 23.2 Å². The van der Waals surface area contributed by atoms with Crippen molar-refractivity contribution in [2.24, 2.45) is 11.8 Å². The summed E-state index contributed by atoms with van der Waals surface area (Å²) in [5.74, 6) is 0.724. The number of benzene rings is 1. The average Bonchev–Trinajstić information content (AvgIpc) is 3.06. The van der Waals surface area contributed by atoms with Gasteiger partial charge in [-0.25, -0.2) is 0 Å². The molecule has 2 amide bonds. The minimum absolute atomic E-state index is 0.00670. The zero-order valence-corrected chi connectivity index (χ0v) is 16.2. The maximum atomic E-state index is 12.6. The lowest BCUT2D eigenvalue weighted by Crippen LogP contribution is -2.43. The topological polar surface area (TPSA) is 76.4 Å². The molecule has 3 aliphatic rings. The average molecular weight is 407 g/mol. The molecule has 2 unspecified atom stereocenters. The smallest absolute Gasteiger partial charge is 0.253 e. The fraction of sp³-hybridized carbons (Fsp3) is 0.526. The summed E-state index contributed by atoms with van der Waals surface area (Å²) in [5, 5.41) is 13.2. The summed E-state index contributed by atoms with van der Waals surface area (Å²) in [6, 6.07) is 7.12. The monoisotopic (exact) mass is 406 g/mol. The van der Waals surface area contributed by atoms with Gasteiger partial charge in [0.05, 0.1) is 22.7 Å². The van der Waals surface area contributed by atoms with Crippen LogP contribution in [0, 0.1) is 23.2 Å². The molecule has 8 heteroatoms. The highest BCUT2D eigenvalue weighted by Crippen LogP contribution is 2.45. The number of carbonyl (C=O) groups is 2. The van der Waals surface area contributed by atoms with Gasteiger partial charge < -0.3 is 15.1 Å². The van der Waals surface area contributed by atoms with Crippen molar-refractivity contribution >= 4 is 35.0 Å². The Morgan fingerprint density at radius 1 is 1.22 bits per heavy atom. The molecule has 1 aromatic rings. The SMILES string of the molecule is N#C[C@@H]1CCCN1C(=O)CNC1C2CN(C(=O)c3ccc(Cl)c(Cl)c3)CC21. The minimum Gasteiger partial charge on any atom is -0.338 e. The van der Waals surface area contributed by atoms with E-state index in [-0.39, 0.29) is 30.4 Å². The summed E-state index contributed by atoms with van der Waals surface area (Å²) in [6.45, 7) is 2.29. The Bertz CT molecular complexity index is 812. The molecule has 3 atom stereocenters. The van der Waals surface area contributed by atoms with Crippen LogP contribution in [0.25, 0.3) is 0 Å². The van der Waals surface area contributed by atoms with Gasteiger partial charge >= 0.3 is 0 Å². The van der Waals surface area contributed by atoms with Crippen LogP contribution in [0.5, 0.6) is 0 Å². The van der Waals surface area contributed by atoms with Crippen LogP contribution in [-0.2, 0) is 4.79 Å². The summed E-state index contributed by atoms with van der Waals surface area (Å²) in [4.78, 5) is 28.4. The van der Waals surface area contributed by atoms with Gasteiger partial charge in [-0.1, -0.05) is 23.2 Å². The number of amides is 2. The van der Waals surface area contributed by atoms with Crippen LogP contribution in [-0.4, -0.2) is 59.9 Å². The third-order valence-corrected chi connectivity index (χ3v) is 6.60. The number of hydrogen-bond donors (Lipinski definition) is 1. The number of nitrogens with one attached hydrogen (secondary N) is 1. The number of likely N-dealkylation sites (tertiary alicyclic amines) is 2. The molecule has 1 saturated carbocycles. The van der Waals surface area contributed by atoms with E-state index in [2.05, 4.69) is 11.4 Å². The van der Waals surface area contributed by atoms with E-state index in [1.807, 2.05) is 4.90 Å². The molecule has 6 nitrogen and oxygen atoms in total. The van der Waals surface area contributed by atoms with Crippen LogP contribution < -0.4 is 5.32 Å². The van der Waals surface area contributed by atoms with Gasteiger partial charge in [0.1, 0.15) is 6.04 Å². The zero-order valence-electron chi connectivity index (χ0n) is 14.7. The summed E-state index contributed by atoms with van der Waals surface area (Å²) >= 11 is 11.9. The van der Waals surface area contributed by atoms with E-state index in [0.717, 1.165) is 12.8 Å². The fourth-order valence-corrected chi connectivity index (χ4v) is 4.61. The predicted molar refractivity (Wildman–Crippen MR) is 101 cm³/mol. The van der Waals surface area contributed by atoms with Crippen molar-refractivity contribution in [3.63, 3.8) is 0 Å². The van der Waals surface area contributed by atoms with Gasteiger partial charge in [-0.05, 0) is 42.9 Å². The standard InChI is InChI=1S/C19H20Cl2N4O2/c20-15-4-3-11(6-16(15)21)19(27)24-9-13-14(10-24)18(13)23-8-17(26)25-5-1-2-12(25)7-22/h3-4,6,12-14,18,23H,1-2,5,8-10H2/t12-,13?,14?,18?/m0/s1. The first-order valence-corrected chi connectivity index (χ1v) is 9.92. The minimum atomic E-state index is -0.280. The second-order valence-electron chi connectivity index (χ2n) is 7.45. The number of nitrogens with zero attached hydrogens (tertiary/aromatic N) is 3. The number of carbonyl (C=O) groups excluding carboxylic acids is 2. The molecule has 2 heterocycles. The number of piperidine rings is 1. The Morgan fingerprint density at radius 3 is 2.63 bits per heavy atom. The third kappa shape index (κ3) is 3.52. The first kappa shape index (κ1) is 18.5. The molecular formula is C19H20Cl2N4O2. The molecule has 4 rings (SSSR count). The Morgan fingerprint density at radius 2 is 1.96 bits per heavy atom. The lowest BCUT2D eigenvalue weighted by molar-refractivity contribution is -0.130. The largest absolute Gasteiger partial charge is 0.338 e. The van der Waals surface area contributed by atoms with Gasteiger partial charge in [0.15, 0.2) is 0 Å². The van der Waals surface area contributed by atoms with Crippen molar-refractivity contribution in [1.29, 1.82) is 5.26 Å². The first-order valence-electron chi connectivity index (χ1n) is 9.16. The zero-order chi connectivity index (χ0) is 19.1. The highest BCUT2D eigenvalue weighted by atomic mass is 35.5. The van der Waals surface area contributed by atoms with Crippen LogP contribution in [0.2, 0.25) is 10.0 Å². The molecular weight excluding hydrogens is 387 g/mol. The van der Waals surface area contributed by atoms with Gasteiger partial charge in [0.25, 0.3) is 5.91 Å². The van der Waals surface area contributed by atoms with E-state index in [1.54, 1.807) is 23.1 Å². The van der Waals surface area contributed by atoms with Crippen LogP contribution in [0.3, 0.4) is 0 Å². The van der Waals surface area contributed by atoms with E-state index in [4.69, 9.17) is 28.5 Å². The van der Waals surface area contributed by atoms with E-state index in [9.17, 15) is 9.59 Å². The normalized spacial score (nSPS) is 28.8. The Kier molecular flexibility index (Phi) is 5.02. The van der Waals surface area contributed by atoms with E-state index < -0.39 is 0 Å². The van der Waals surface area contributed by atoms with Crippen molar-refractivity contribution in [2.75, 3.05) is 26.2 Å². The van der Waals surface area contributed by atoms with Crippen molar-refractivity contribution in [1.82, 2.24) is 15.1 Å². The number of fused-ring (bicyclic) bond motifs is 1. The highest BCUT2D eigenvalue weighted by molar-refractivity contribution is 6.42. The van der Waals surface area contributed by atoms with Crippen molar-refractivity contribution in [3.8, 4) is 6.07 Å². The summed E-state index contributed by atoms with van der Waals surface area (Å²) in [7, 11) is 0. The van der Waals surface area contributed by atoms with Crippen LogP contribution >= 0.6 is 23.2 Å². The van der Waals surface area contributed by atoms with Gasteiger partial charge in [-0.15, -0.1) is 0 Å². The Hall–Kier alpha value is -1.81. The molecule has 0 bridgehead atoms. The highest BCUT2D eigenvalue weighted by Gasteiger charge is 2.56. The van der Waals surface area contributed by atoms with Crippen LogP contribution in [0.15, 0.2) is 18.2 Å². The molecule has 0 radical (unpaired) electrons. The molecule has 27 heavy (non-hydrogen) atoms. The number of rotatable bonds is 4. The van der Waals surface area contributed by atoms with Gasteiger partial charge in [0.2, 0.25) is 5.91 Å². The van der Waals surface area contributed by atoms with E-state index in [1.165, 1.54) is 0 Å². The number of nitriles is 1. The molecule has 1 N–H and O–H groups in total. The maximum absolute atomic E-state index is 12.6. The summed E-state index contributed by atoms with van der Waals surface area (Å²) in [6.07, 6.45) is 1.66. The molecule has 0 aromatic heterocycles. The molecule has 1 aromatic carbocycles. The van der Waals surface area contributed by atoms with Crippen molar-refractivity contribution in [3.05, 3.63) is 33.8 Å². The molecule has 1 aliphatic carbocycles. The van der Waals surface area contributed by atoms with Crippen molar-refractivity contribution < 1.29 is 9.59 Å². The molecule has 2 saturated heterocycles. The molecule has 3 fully saturated rings. The van der Waals surface area contributed by atoms with Crippen LogP contribution in [0.4, 0.5) is 0 Å². The third-order valence-electron chi connectivity index (χ3n) is 5.86. The van der Waals surface area contributed by atoms with Gasteiger partial charge in [-0.2, -0.15) is 5.26 Å².